The van der Waals surface area contributed by atoms with E-state index in [9.17, 15) is 4.79 Å². The van der Waals surface area contributed by atoms with Crippen molar-refractivity contribution in [1.29, 1.82) is 0 Å². The molecule has 1 aliphatic rings. The molecule has 0 bridgehead atoms. The van der Waals surface area contributed by atoms with Crippen LogP contribution in [-0.2, 0) is 9.53 Å². The van der Waals surface area contributed by atoms with Gasteiger partial charge in [0.25, 0.3) is 0 Å². The van der Waals surface area contributed by atoms with Crippen LogP contribution in [0.3, 0.4) is 0 Å². The molecule has 0 spiro atoms. The predicted molar refractivity (Wildman–Crippen MR) is 56.9 cm³/mol. The van der Waals surface area contributed by atoms with Gasteiger partial charge in [0.15, 0.2) is 5.78 Å². The minimum absolute atomic E-state index is 0.233. The Labute approximate surface area is 86.3 Å². The number of rotatable bonds is 3. The monoisotopic (exact) mass is 196 g/mol. The molecular formula is C12H20O2. The maximum atomic E-state index is 11.7. The van der Waals surface area contributed by atoms with Gasteiger partial charge >= 0.3 is 0 Å². The first-order valence-corrected chi connectivity index (χ1v) is 5.22. The first-order valence-electron chi connectivity index (χ1n) is 5.22. The molecule has 0 saturated heterocycles. The van der Waals surface area contributed by atoms with Crippen molar-refractivity contribution in [3.05, 3.63) is 11.3 Å². The van der Waals surface area contributed by atoms with Crippen LogP contribution in [0.1, 0.15) is 41.0 Å². The Morgan fingerprint density at radius 1 is 1.43 bits per heavy atom. The zero-order valence-electron chi connectivity index (χ0n) is 9.81. The van der Waals surface area contributed by atoms with Crippen molar-refractivity contribution < 1.29 is 9.53 Å². The SMILES string of the molecule is CC1=C(OCC(C)C)CC(C)(C)C1=O. The third kappa shape index (κ3) is 2.17. The van der Waals surface area contributed by atoms with E-state index in [4.69, 9.17) is 4.74 Å². The van der Waals surface area contributed by atoms with Crippen molar-refractivity contribution in [1.82, 2.24) is 0 Å². The smallest absolute Gasteiger partial charge is 0.167 e. The van der Waals surface area contributed by atoms with Crippen LogP contribution in [0, 0.1) is 11.3 Å². The lowest BCUT2D eigenvalue weighted by molar-refractivity contribution is -0.122. The molecule has 0 unspecified atom stereocenters. The Bertz CT molecular complexity index is 272. The lowest BCUT2D eigenvalue weighted by atomic mass is 9.88. The minimum atomic E-state index is -0.254. The minimum Gasteiger partial charge on any atom is -0.497 e. The highest BCUT2D eigenvalue weighted by molar-refractivity contribution is 6.01. The van der Waals surface area contributed by atoms with E-state index in [2.05, 4.69) is 13.8 Å². The van der Waals surface area contributed by atoms with Crippen LogP contribution >= 0.6 is 0 Å². The molecule has 1 rings (SSSR count). The standard InChI is InChI=1S/C12H20O2/c1-8(2)7-14-10-6-12(4,5)11(13)9(10)3/h8H,6-7H2,1-5H3. The van der Waals surface area contributed by atoms with Crippen molar-refractivity contribution in [2.24, 2.45) is 11.3 Å². The second kappa shape index (κ2) is 3.76. The maximum absolute atomic E-state index is 11.7. The van der Waals surface area contributed by atoms with Gasteiger partial charge in [0, 0.05) is 17.4 Å². The van der Waals surface area contributed by atoms with Gasteiger partial charge in [0.1, 0.15) is 5.76 Å². The topological polar surface area (TPSA) is 26.3 Å². The van der Waals surface area contributed by atoms with Gasteiger partial charge in [0.2, 0.25) is 0 Å². The number of Topliss-reactive ketones (excluding diaryl/α,β-unsaturated/α-hetero) is 1. The van der Waals surface area contributed by atoms with Crippen LogP contribution in [0.5, 0.6) is 0 Å². The van der Waals surface area contributed by atoms with Crippen molar-refractivity contribution in [3.63, 3.8) is 0 Å². The summed E-state index contributed by atoms with van der Waals surface area (Å²) in [6.07, 6.45) is 0.754. The summed E-state index contributed by atoms with van der Waals surface area (Å²) < 4.78 is 5.64. The summed E-state index contributed by atoms with van der Waals surface area (Å²) in [5.74, 6) is 1.64. The van der Waals surface area contributed by atoms with Crippen LogP contribution in [0.4, 0.5) is 0 Å². The molecule has 2 nitrogen and oxygen atoms in total. The molecule has 0 fully saturated rings. The molecule has 14 heavy (non-hydrogen) atoms. The highest BCUT2D eigenvalue weighted by Crippen LogP contribution is 2.38. The Kier molecular flexibility index (Phi) is 3.03. The number of ether oxygens (including phenoxy) is 1. The van der Waals surface area contributed by atoms with Gasteiger partial charge < -0.3 is 4.74 Å². The van der Waals surface area contributed by atoms with Crippen LogP contribution < -0.4 is 0 Å². The van der Waals surface area contributed by atoms with Crippen molar-refractivity contribution in [2.75, 3.05) is 6.61 Å². The maximum Gasteiger partial charge on any atom is 0.167 e. The molecule has 0 amide bonds. The van der Waals surface area contributed by atoms with E-state index in [-0.39, 0.29) is 11.2 Å². The predicted octanol–water partition coefficient (Wildman–Crippen LogP) is 2.93. The molecule has 0 saturated carbocycles. The van der Waals surface area contributed by atoms with Crippen LogP contribution in [0.15, 0.2) is 11.3 Å². The van der Waals surface area contributed by atoms with E-state index in [1.807, 2.05) is 20.8 Å². The largest absolute Gasteiger partial charge is 0.497 e. The molecule has 0 radical (unpaired) electrons. The third-order valence-corrected chi connectivity index (χ3v) is 2.57. The van der Waals surface area contributed by atoms with Gasteiger partial charge in [0.05, 0.1) is 6.61 Å². The average Bonchev–Trinajstić information content (AvgIpc) is 2.26. The van der Waals surface area contributed by atoms with E-state index in [0.717, 1.165) is 17.8 Å². The average molecular weight is 196 g/mol. The molecule has 0 atom stereocenters. The first-order chi connectivity index (χ1) is 6.34. The number of ketones is 1. The molecule has 0 aromatic rings. The normalized spacial score (nSPS) is 20.9. The molecular weight excluding hydrogens is 176 g/mol. The number of hydrogen-bond donors (Lipinski definition) is 0. The summed E-state index contributed by atoms with van der Waals surface area (Å²) in [5, 5.41) is 0. The second-order valence-corrected chi connectivity index (χ2v) is 5.14. The summed E-state index contributed by atoms with van der Waals surface area (Å²) in [4.78, 5) is 11.7. The summed E-state index contributed by atoms with van der Waals surface area (Å²) >= 11 is 0. The van der Waals surface area contributed by atoms with Gasteiger partial charge in [-0.05, 0) is 12.8 Å². The van der Waals surface area contributed by atoms with E-state index < -0.39 is 0 Å². The summed E-state index contributed by atoms with van der Waals surface area (Å²) in [7, 11) is 0. The lowest BCUT2D eigenvalue weighted by Crippen LogP contribution is -2.18. The fourth-order valence-electron chi connectivity index (χ4n) is 1.68. The Morgan fingerprint density at radius 2 is 2.00 bits per heavy atom. The molecule has 0 aromatic carbocycles. The molecule has 80 valence electrons. The molecule has 0 heterocycles. The van der Waals surface area contributed by atoms with E-state index in [1.54, 1.807) is 0 Å². The van der Waals surface area contributed by atoms with E-state index >= 15 is 0 Å². The Balaban J connectivity index is 2.67. The summed E-state index contributed by atoms with van der Waals surface area (Å²) in [6.45, 7) is 10.7. The van der Waals surface area contributed by atoms with Gasteiger partial charge in [-0.25, -0.2) is 0 Å². The van der Waals surface area contributed by atoms with Crippen LogP contribution in [0.25, 0.3) is 0 Å². The summed E-state index contributed by atoms with van der Waals surface area (Å²) in [5.41, 5.74) is 0.562. The van der Waals surface area contributed by atoms with Gasteiger partial charge in [-0.1, -0.05) is 27.7 Å². The number of carbonyl (C=O) groups is 1. The zero-order chi connectivity index (χ0) is 10.9. The lowest BCUT2D eigenvalue weighted by Gasteiger charge is -2.15. The fraction of sp³-hybridized carbons (Fsp3) is 0.750. The number of carbonyl (C=O) groups excluding carboxylic acids is 1. The quantitative estimate of drug-likeness (QED) is 0.693. The number of hydrogen-bond acceptors (Lipinski definition) is 2. The van der Waals surface area contributed by atoms with Gasteiger partial charge in [-0.15, -0.1) is 0 Å². The highest BCUT2D eigenvalue weighted by Gasteiger charge is 2.38. The van der Waals surface area contributed by atoms with Crippen molar-refractivity contribution in [3.8, 4) is 0 Å². The number of allylic oxidation sites excluding steroid dienone is 2. The molecule has 2 heteroatoms. The molecule has 0 aromatic heterocycles. The van der Waals surface area contributed by atoms with Crippen molar-refractivity contribution >= 4 is 5.78 Å². The van der Waals surface area contributed by atoms with Crippen LogP contribution in [-0.4, -0.2) is 12.4 Å². The second-order valence-electron chi connectivity index (χ2n) is 5.14. The molecule has 0 aliphatic heterocycles. The van der Waals surface area contributed by atoms with Crippen molar-refractivity contribution in [2.45, 2.75) is 41.0 Å². The Hall–Kier alpha value is -0.790. The fourth-order valence-corrected chi connectivity index (χ4v) is 1.68. The molecule has 1 aliphatic carbocycles. The van der Waals surface area contributed by atoms with E-state index in [0.29, 0.717) is 12.5 Å². The van der Waals surface area contributed by atoms with Crippen LogP contribution in [0.2, 0.25) is 0 Å². The first kappa shape index (κ1) is 11.3. The summed E-state index contributed by atoms with van der Waals surface area (Å²) in [6, 6.07) is 0. The third-order valence-electron chi connectivity index (χ3n) is 2.57. The highest BCUT2D eigenvalue weighted by atomic mass is 16.5. The molecule has 0 N–H and O–H groups in total. The Morgan fingerprint density at radius 3 is 2.36 bits per heavy atom. The van der Waals surface area contributed by atoms with E-state index in [1.165, 1.54) is 0 Å². The van der Waals surface area contributed by atoms with Gasteiger partial charge in [-0.2, -0.15) is 0 Å². The zero-order valence-corrected chi connectivity index (χ0v) is 9.81. The van der Waals surface area contributed by atoms with Gasteiger partial charge in [-0.3, -0.25) is 4.79 Å².